The van der Waals surface area contributed by atoms with Crippen LogP contribution in [0.15, 0.2) is 47.4 Å². The van der Waals surface area contributed by atoms with Crippen molar-refractivity contribution in [3.8, 4) is 5.75 Å². The molecule has 0 spiro atoms. The van der Waals surface area contributed by atoms with E-state index < -0.39 is 6.61 Å². The normalized spacial score (nSPS) is 10.9. The first kappa shape index (κ1) is 16.1. The Labute approximate surface area is 130 Å². The molecule has 0 radical (unpaired) electrons. The average molecular weight is 331 g/mol. The summed E-state index contributed by atoms with van der Waals surface area (Å²) in [6, 6.07) is 12.0. The predicted octanol–water partition coefficient (Wildman–Crippen LogP) is 4.73. The highest BCUT2D eigenvalue weighted by Gasteiger charge is 2.10. The minimum Gasteiger partial charge on any atom is -0.435 e. The molecule has 0 aliphatic heterocycles. The van der Waals surface area contributed by atoms with Gasteiger partial charge in [0.05, 0.1) is 6.61 Å². The zero-order valence-corrected chi connectivity index (χ0v) is 12.5. The van der Waals surface area contributed by atoms with Crippen LogP contribution >= 0.6 is 23.4 Å². The molecule has 0 unspecified atom stereocenters. The highest BCUT2D eigenvalue weighted by atomic mass is 35.5. The molecule has 0 aliphatic rings. The van der Waals surface area contributed by atoms with Gasteiger partial charge in [-0.05, 0) is 35.9 Å². The van der Waals surface area contributed by atoms with Gasteiger partial charge in [-0.1, -0.05) is 23.7 Å². The lowest BCUT2D eigenvalue weighted by molar-refractivity contribution is -0.0503. The molecule has 21 heavy (non-hydrogen) atoms. The van der Waals surface area contributed by atoms with Crippen LogP contribution < -0.4 is 4.74 Å². The van der Waals surface area contributed by atoms with E-state index in [9.17, 15) is 8.78 Å². The maximum absolute atomic E-state index is 12.4. The Morgan fingerprint density at radius 1 is 1.14 bits per heavy atom. The summed E-state index contributed by atoms with van der Waals surface area (Å²) in [5.74, 6) is 0.593. The second kappa shape index (κ2) is 7.64. The fraction of sp³-hybridized carbons (Fsp3) is 0.200. The van der Waals surface area contributed by atoms with Crippen molar-refractivity contribution in [2.45, 2.75) is 23.9 Å². The van der Waals surface area contributed by atoms with E-state index >= 15 is 0 Å². The molecule has 0 atom stereocenters. The summed E-state index contributed by atoms with van der Waals surface area (Å²) in [5, 5.41) is 9.45. The first-order valence-electron chi connectivity index (χ1n) is 6.14. The molecule has 0 saturated heterocycles. The van der Waals surface area contributed by atoms with Crippen molar-refractivity contribution < 1.29 is 18.6 Å². The summed E-state index contributed by atoms with van der Waals surface area (Å²) in [7, 11) is 0. The third-order valence-corrected chi connectivity index (χ3v) is 4.03. The van der Waals surface area contributed by atoms with Gasteiger partial charge in [0, 0.05) is 21.2 Å². The number of hydrogen-bond acceptors (Lipinski definition) is 3. The van der Waals surface area contributed by atoms with Crippen LogP contribution in [0.1, 0.15) is 11.1 Å². The molecular formula is C15H13ClF2O2S. The molecule has 2 aromatic rings. The largest absolute Gasteiger partial charge is 0.435 e. The molecule has 6 heteroatoms. The van der Waals surface area contributed by atoms with Crippen molar-refractivity contribution in [2.24, 2.45) is 0 Å². The van der Waals surface area contributed by atoms with Crippen molar-refractivity contribution >= 4 is 23.4 Å². The molecule has 2 aromatic carbocycles. The predicted molar refractivity (Wildman–Crippen MR) is 80.0 cm³/mol. The van der Waals surface area contributed by atoms with Gasteiger partial charge in [0.25, 0.3) is 0 Å². The molecule has 0 fully saturated rings. The maximum atomic E-state index is 12.4. The number of aliphatic hydroxyl groups is 1. The number of ether oxygens (including phenoxy) is 1. The molecule has 2 nitrogen and oxygen atoms in total. The Morgan fingerprint density at radius 3 is 2.48 bits per heavy atom. The highest BCUT2D eigenvalue weighted by Crippen LogP contribution is 2.31. The summed E-state index contributed by atoms with van der Waals surface area (Å²) in [6.45, 7) is -2.87. The molecule has 0 saturated carbocycles. The first-order chi connectivity index (χ1) is 10.1. The van der Waals surface area contributed by atoms with E-state index in [4.69, 9.17) is 16.7 Å². The zero-order chi connectivity index (χ0) is 15.2. The van der Waals surface area contributed by atoms with Crippen molar-refractivity contribution in [2.75, 3.05) is 0 Å². The smallest absolute Gasteiger partial charge is 0.387 e. The van der Waals surface area contributed by atoms with E-state index in [0.29, 0.717) is 16.3 Å². The van der Waals surface area contributed by atoms with Gasteiger partial charge in [-0.25, -0.2) is 0 Å². The third kappa shape index (κ3) is 4.88. The maximum Gasteiger partial charge on any atom is 0.387 e. The second-order valence-electron chi connectivity index (χ2n) is 4.22. The van der Waals surface area contributed by atoms with Gasteiger partial charge in [0.2, 0.25) is 0 Å². The van der Waals surface area contributed by atoms with Gasteiger partial charge >= 0.3 is 6.61 Å². The minimum atomic E-state index is -2.86. The summed E-state index contributed by atoms with van der Waals surface area (Å²) in [4.78, 5) is 0.968. The number of thioether (sulfide) groups is 1. The molecule has 0 bridgehead atoms. The van der Waals surface area contributed by atoms with Crippen LogP contribution in [0.25, 0.3) is 0 Å². The van der Waals surface area contributed by atoms with E-state index in [1.54, 1.807) is 6.07 Å². The summed E-state index contributed by atoms with van der Waals surface area (Å²) in [6.07, 6.45) is 0. The van der Waals surface area contributed by atoms with E-state index in [1.807, 2.05) is 24.3 Å². The van der Waals surface area contributed by atoms with E-state index in [1.165, 1.54) is 23.9 Å². The number of aliphatic hydroxyl groups excluding tert-OH is 1. The van der Waals surface area contributed by atoms with Crippen LogP contribution in [0.2, 0.25) is 5.02 Å². The van der Waals surface area contributed by atoms with E-state index in [0.717, 1.165) is 10.5 Å². The van der Waals surface area contributed by atoms with Gasteiger partial charge in [-0.15, -0.1) is 11.8 Å². The standard InChI is InChI=1S/C15H13ClF2O2S/c16-12-3-6-14(20-15(17)18)11(7-12)9-21-13-4-1-10(8-19)2-5-13/h1-7,15,19H,8-9H2. The minimum absolute atomic E-state index is 0.00832. The Hall–Kier alpha value is -1.30. The van der Waals surface area contributed by atoms with E-state index in [2.05, 4.69) is 4.74 Å². The Kier molecular flexibility index (Phi) is 5.85. The summed E-state index contributed by atoms with van der Waals surface area (Å²) >= 11 is 7.37. The lowest BCUT2D eigenvalue weighted by atomic mass is 10.2. The van der Waals surface area contributed by atoms with Crippen LogP contribution in [0.4, 0.5) is 8.78 Å². The van der Waals surface area contributed by atoms with Crippen LogP contribution in [0, 0.1) is 0 Å². The summed E-state index contributed by atoms with van der Waals surface area (Å²) in [5.41, 5.74) is 1.43. The van der Waals surface area contributed by atoms with Crippen molar-refractivity contribution in [3.63, 3.8) is 0 Å². The third-order valence-electron chi connectivity index (χ3n) is 2.74. The fourth-order valence-electron chi connectivity index (χ4n) is 1.72. The lowest BCUT2D eigenvalue weighted by Crippen LogP contribution is -2.04. The van der Waals surface area contributed by atoms with Gasteiger partial charge in [0.15, 0.2) is 0 Å². The molecule has 2 rings (SSSR count). The number of benzene rings is 2. The summed E-state index contributed by atoms with van der Waals surface area (Å²) < 4.78 is 29.2. The first-order valence-corrected chi connectivity index (χ1v) is 7.50. The molecule has 0 heterocycles. The average Bonchev–Trinajstić information content (AvgIpc) is 2.47. The van der Waals surface area contributed by atoms with Gasteiger partial charge in [-0.3, -0.25) is 0 Å². The zero-order valence-electron chi connectivity index (χ0n) is 10.9. The quantitative estimate of drug-likeness (QED) is 0.777. The number of alkyl halides is 2. The Balaban J connectivity index is 2.08. The highest BCUT2D eigenvalue weighted by molar-refractivity contribution is 7.98. The SMILES string of the molecule is OCc1ccc(SCc2cc(Cl)ccc2OC(F)F)cc1. The van der Waals surface area contributed by atoms with Crippen LogP contribution in [0.3, 0.4) is 0 Å². The number of halogens is 3. The van der Waals surface area contributed by atoms with Gasteiger partial charge in [0.1, 0.15) is 5.75 Å². The van der Waals surface area contributed by atoms with Crippen LogP contribution in [-0.2, 0) is 12.4 Å². The molecule has 1 N–H and O–H groups in total. The molecule has 0 aromatic heterocycles. The van der Waals surface area contributed by atoms with Gasteiger partial charge in [-0.2, -0.15) is 8.78 Å². The molecule has 112 valence electrons. The van der Waals surface area contributed by atoms with Crippen molar-refractivity contribution in [1.82, 2.24) is 0 Å². The topological polar surface area (TPSA) is 29.5 Å². The van der Waals surface area contributed by atoms with Crippen LogP contribution in [-0.4, -0.2) is 11.7 Å². The van der Waals surface area contributed by atoms with Crippen LogP contribution in [0.5, 0.6) is 5.75 Å². The number of rotatable bonds is 6. The lowest BCUT2D eigenvalue weighted by Gasteiger charge is -2.11. The molecule has 0 aliphatic carbocycles. The Morgan fingerprint density at radius 2 is 1.86 bits per heavy atom. The van der Waals surface area contributed by atoms with Crippen molar-refractivity contribution in [3.05, 3.63) is 58.6 Å². The fourth-order valence-corrected chi connectivity index (χ4v) is 2.79. The van der Waals surface area contributed by atoms with Crippen molar-refractivity contribution in [1.29, 1.82) is 0 Å². The van der Waals surface area contributed by atoms with Gasteiger partial charge < -0.3 is 9.84 Å². The Bertz CT molecular complexity index is 591. The second-order valence-corrected chi connectivity index (χ2v) is 5.71. The monoisotopic (exact) mass is 330 g/mol. The molecular weight excluding hydrogens is 318 g/mol. The number of hydrogen-bond donors (Lipinski definition) is 1. The van der Waals surface area contributed by atoms with E-state index in [-0.39, 0.29) is 12.4 Å². The molecule has 0 amide bonds.